The average Bonchev–Trinajstić information content (AvgIpc) is 2.65. The predicted molar refractivity (Wildman–Crippen MR) is 94.7 cm³/mol. The summed E-state index contributed by atoms with van der Waals surface area (Å²) in [7, 11) is 1.60. The van der Waals surface area contributed by atoms with Crippen molar-refractivity contribution in [2.45, 2.75) is 6.92 Å². The third-order valence-corrected chi connectivity index (χ3v) is 3.75. The number of hydrazone groups is 1. The predicted octanol–water partition coefficient (Wildman–Crippen LogP) is 3.07. The van der Waals surface area contributed by atoms with E-state index in [1.807, 2.05) is 42.5 Å². The van der Waals surface area contributed by atoms with Crippen LogP contribution in [0.2, 0.25) is 0 Å². The average molecular weight is 335 g/mol. The Kier molecular flexibility index (Phi) is 4.61. The third-order valence-electron chi connectivity index (χ3n) is 3.75. The number of benzene rings is 2. The third kappa shape index (κ3) is 3.58. The Bertz CT molecular complexity index is 1000. The van der Waals surface area contributed by atoms with Crippen LogP contribution in [-0.4, -0.2) is 18.7 Å². The number of carbonyl (C=O) groups excluding carboxylic acids is 1. The monoisotopic (exact) mass is 335 g/mol. The summed E-state index contributed by atoms with van der Waals surface area (Å²) in [6, 6.07) is 16.2. The zero-order valence-electron chi connectivity index (χ0n) is 13.9. The Labute approximate surface area is 144 Å². The van der Waals surface area contributed by atoms with Gasteiger partial charge in [0.2, 0.25) is 5.55 Å². The van der Waals surface area contributed by atoms with E-state index in [4.69, 9.17) is 14.6 Å². The van der Waals surface area contributed by atoms with E-state index in [0.29, 0.717) is 11.3 Å². The van der Waals surface area contributed by atoms with Crippen LogP contribution in [-0.2, 0) is 0 Å². The van der Waals surface area contributed by atoms with Gasteiger partial charge in [-0.1, -0.05) is 18.2 Å². The van der Waals surface area contributed by atoms with Crippen molar-refractivity contribution >= 4 is 22.6 Å². The van der Waals surface area contributed by atoms with Crippen molar-refractivity contribution < 1.29 is 13.9 Å². The Morgan fingerprint density at radius 3 is 2.60 bits per heavy atom. The van der Waals surface area contributed by atoms with Crippen molar-refractivity contribution in [3.8, 4) is 5.75 Å². The zero-order chi connectivity index (χ0) is 17.8. The second-order valence-corrected chi connectivity index (χ2v) is 5.39. The summed E-state index contributed by atoms with van der Waals surface area (Å²) in [5.41, 5.74) is 4.45. The molecule has 3 rings (SSSR count). The number of nitrogens with zero attached hydrogens (tertiary/aromatic N) is 1. The fraction of sp³-hybridized carbons (Fsp3) is 0.105. The molecule has 25 heavy (non-hydrogen) atoms. The first-order valence-electron chi connectivity index (χ1n) is 7.65. The highest BCUT2D eigenvalue weighted by Gasteiger charge is 2.11. The van der Waals surface area contributed by atoms with Gasteiger partial charge in [-0.3, -0.25) is 10.2 Å². The molecule has 0 unspecified atom stereocenters. The second-order valence-electron chi connectivity index (χ2n) is 5.39. The van der Waals surface area contributed by atoms with E-state index >= 15 is 0 Å². The van der Waals surface area contributed by atoms with Gasteiger partial charge < -0.3 is 9.15 Å². The van der Waals surface area contributed by atoms with Crippen LogP contribution in [0.3, 0.4) is 0 Å². The van der Waals surface area contributed by atoms with Gasteiger partial charge in [-0.15, -0.1) is 0 Å². The van der Waals surface area contributed by atoms with Crippen LogP contribution in [0.4, 0.5) is 0 Å². The van der Waals surface area contributed by atoms with Gasteiger partial charge in [0.25, 0.3) is 5.91 Å². The molecule has 0 radical (unpaired) electrons. The number of amides is 1. The maximum atomic E-state index is 12.3. The number of hydrogen-bond acceptors (Lipinski definition) is 5. The van der Waals surface area contributed by atoms with Crippen LogP contribution in [0.25, 0.3) is 11.0 Å². The van der Waals surface area contributed by atoms with Crippen LogP contribution in [0, 0.1) is 5.41 Å². The molecule has 3 aromatic rings. The Balaban J connectivity index is 1.81. The number of nitrogens with one attached hydrogen (secondary N) is 2. The van der Waals surface area contributed by atoms with Crippen LogP contribution < -0.4 is 15.7 Å². The number of fused-ring (bicyclic) bond motifs is 1. The molecular formula is C19H17N3O3. The van der Waals surface area contributed by atoms with E-state index in [1.165, 1.54) is 0 Å². The zero-order valence-corrected chi connectivity index (χ0v) is 13.9. The highest BCUT2D eigenvalue weighted by molar-refractivity contribution is 6.01. The standard InChI is InChI=1S/C19H17N3O3/c1-12(13-7-9-15(24-2)10-8-13)21-22-19(23)16-11-14-5-3-4-6-17(14)25-18(16)20/h3-11,20H,1-2H3,(H,22,23)/b20-18?,21-12-. The number of rotatable bonds is 4. The molecule has 1 aromatic heterocycles. The lowest BCUT2D eigenvalue weighted by atomic mass is 10.1. The summed E-state index contributed by atoms with van der Waals surface area (Å²) in [5.74, 6) is 0.254. The van der Waals surface area contributed by atoms with Gasteiger partial charge in [-0.25, -0.2) is 5.43 Å². The first-order valence-corrected chi connectivity index (χ1v) is 7.65. The summed E-state index contributed by atoms with van der Waals surface area (Å²) >= 11 is 0. The lowest BCUT2D eigenvalue weighted by molar-refractivity contribution is 0.0950. The number of hydrogen-bond donors (Lipinski definition) is 2. The van der Waals surface area contributed by atoms with Crippen molar-refractivity contribution in [3.05, 3.63) is 71.3 Å². The molecule has 1 heterocycles. The highest BCUT2D eigenvalue weighted by atomic mass is 16.5. The van der Waals surface area contributed by atoms with E-state index in [1.54, 1.807) is 26.2 Å². The molecule has 0 aliphatic rings. The summed E-state index contributed by atoms with van der Waals surface area (Å²) in [6.45, 7) is 1.79. The minimum Gasteiger partial charge on any atom is -0.497 e. The van der Waals surface area contributed by atoms with E-state index in [0.717, 1.165) is 16.7 Å². The minimum absolute atomic E-state index is 0.130. The molecule has 0 aliphatic carbocycles. The van der Waals surface area contributed by atoms with Gasteiger partial charge in [0.1, 0.15) is 16.9 Å². The number of ether oxygens (including phenoxy) is 1. The molecule has 0 saturated carbocycles. The highest BCUT2D eigenvalue weighted by Crippen LogP contribution is 2.13. The minimum atomic E-state index is -0.493. The first kappa shape index (κ1) is 16.4. The Morgan fingerprint density at radius 1 is 1.16 bits per heavy atom. The first-order chi connectivity index (χ1) is 12.1. The van der Waals surface area contributed by atoms with Crippen molar-refractivity contribution in [1.29, 1.82) is 5.41 Å². The Hall–Kier alpha value is -3.41. The SMILES string of the molecule is COc1ccc(/C(C)=N\NC(=O)c2cc3ccccc3oc2=N)cc1. The molecule has 2 N–H and O–H groups in total. The number of carbonyl (C=O) groups is 1. The summed E-state index contributed by atoms with van der Waals surface area (Å²) < 4.78 is 10.5. The van der Waals surface area contributed by atoms with Crippen LogP contribution in [0.5, 0.6) is 5.75 Å². The maximum Gasteiger partial charge on any atom is 0.276 e. The van der Waals surface area contributed by atoms with Gasteiger partial charge in [0.15, 0.2) is 0 Å². The molecule has 0 atom stereocenters. The smallest absolute Gasteiger partial charge is 0.276 e. The van der Waals surface area contributed by atoms with Crippen molar-refractivity contribution in [2.24, 2.45) is 5.10 Å². The molecule has 0 aliphatic heterocycles. The van der Waals surface area contributed by atoms with Gasteiger partial charge in [-0.2, -0.15) is 5.10 Å². The molecule has 6 heteroatoms. The summed E-state index contributed by atoms with van der Waals surface area (Å²) in [5, 5.41) is 12.7. The molecule has 0 spiro atoms. The van der Waals surface area contributed by atoms with Crippen molar-refractivity contribution in [2.75, 3.05) is 7.11 Å². The van der Waals surface area contributed by atoms with Gasteiger partial charge >= 0.3 is 0 Å². The van der Waals surface area contributed by atoms with E-state index in [2.05, 4.69) is 10.5 Å². The van der Waals surface area contributed by atoms with E-state index in [9.17, 15) is 4.79 Å². The largest absolute Gasteiger partial charge is 0.497 e. The fourth-order valence-electron chi connectivity index (χ4n) is 2.34. The summed E-state index contributed by atoms with van der Waals surface area (Å²) in [6.07, 6.45) is 0. The molecule has 126 valence electrons. The van der Waals surface area contributed by atoms with Crippen LogP contribution >= 0.6 is 0 Å². The normalized spacial score (nSPS) is 11.4. The van der Waals surface area contributed by atoms with E-state index in [-0.39, 0.29) is 11.1 Å². The molecule has 0 fully saturated rings. The lowest BCUT2D eigenvalue weighted by Gasteiger charge is -2.05. The Morgan fingerprint density at radius 2 is 1.88 bits per heavy atom. The maximum absolute atomic E-state index is 12.3. The van der Waals surface area contributed by atoms with Crippen LogP contribution in [0.1, 0.15) is 22.8 Å². The van der Waals surface area contributed by atoms with Gasteiger partial charge in [0, 0.05) is 5.39 Å². The second kappa shape index (κ2) is 7.00. The van der Waals surface area contributed by atoms with Gasteiger partial charge in [0.05, 0.1) is 12.8 Å². The van der Waals surface area contributed by atoms with Crippen molar-refractivity contribution in [3.63, 3.8) is 0 Å². The lowest BCUT2D eigenvalue weighted by Crippen LogP contribution is -2.25. The molecule has 2 aromatic carbocycles. The van der Waals surface area contributed by atoms with E-state index < -0.39 is 5.91 Å². The quantitative estimate of drug-likeness (QED) is 0.567. The van der Waals surface area contributed by atoms with Gasteiger partial charge in [-0.05, 0) is 48.9 Å². The number of para-hydroxylation sites is 1. The molecular weight excluding hydrogens is 318 g/mol. The molecule has 6 nitrogen and oxygen atoms in total. The fourth-order valence-corrected chi connectivity index (χ4v) is 2.34. The van der Waals surface area contributed by atoms with Crippen LogP contribution in [0.15, 0.2) is 64.1 Å². The molecule has 1 amide bonds. The summed E-state index contributed by atoms with van der Waals surface area (Å²) in [4.78, 5) is 12.3. The molecule has 0 bridgehead atoms. The van der Waals surface area contributed by atoms with Crippen molar-refractivity contribution in [1.82, 2.24) is 5.43 Å². The number of methoxy groups -OCH3 is 1. The topological polar surface area (TPSA) is 87.7 Å². The molecule has 0 saturated heterocycles.